The molecule has 1 aromatic carbocycles. The van der Waals surface area contributed by atoms with Crippen LogP contribution in [0.5, 0.6) is 5.75 Å². The van der Waals surface area contributed by atoms with E-state index in [0.29, 0.717) is 31.6 Å². The number of hydrogen-bond acceptors (Lipinski definition) is 5. The summed E-state index contributed by atoms with van der Waals surface area (Å²) >= 11 is 0. The van der Waals surface area contributed by atoms with Crippen molar-refractivity contribution in [2.45, 2.75) is 88.9 Å². The predicted octanol–water partition coefficient (Wildman–Crippen LogP) is 4.81. The molecule has 0 amide bonds. The molecular weight excluding hydrogens is 392 g/mol. The molecule has 2 aliphatic carbocycles. The normalized spacial score (nSPS) is 28.7. The molecule has 0 aromatic heterocycles. The lowest BCUT2D eigenvalue weighted by molar-refractivity contribution is -0.134. The number of rotatable bonds is 12. The minimum absolute atomic E-state index is 0.0332. The zero-order valence-corrected chi connectivity index (χ0v) is 18.7. The van der Waals surface area contributed by atoms with Crippen molar-refractivity contribution in [3.63, 3.8) is 0 Å². The van der Waals surface area contributed by atoms with E-state index < -0.39 is 11.7 Å². The first kappa shape index (κ1) is 24.0. The average Bonchev–Trinajstić information content (AvgIpc) is 3.23. The number of aliphatic hydroxyl groups excluding tert-OH is 1. The van der Waals surface area contributed by atoms with E-state index in [2.05, 4.69) is 6.92 Å². The number of carbonyl (C=O) groups excluding carboxylic acids is 1. The number of carbonyl (C=O) groups is 1. The van der Waals surface area contributed by atoms with E-state index in [1.165, 1.54) is 0 Å². The highest BCUT2D eigenvalue weighted by Gasteiger charge is 2.54. The maximum Gasteiger partial charge on any atom is 0.311 e. The van der Waals surface area contributed by atoms with Crippen molar-refractivity contribution in [2.24, 2.45) is 11.8 Å². The molecule has 5 heteroatoms. The van der Waals surface area contributed by atoms with Gasteiger partial charge in [-0.3, -0.25) is 4.79 Å². The number of ether oxygens (including phenoxy) is 2. The Labute approximate surface area is 186 Å². The molecule has 3 rings (SSSR count). The van der Waals surface area contributed by atoms with Crippen molar-refractivity contribution in [3.8, 4) is 5.75 Å². The van der Waals surface area contributed by atoms with Gasteiger partial charge in [0.1, 0.15) is 5.75 Å². The summed E-state index contributed by atoms with van der Waals surface area (Å²) in [7, 11) is 0. The SMILES string of the molecule is CCCCCC(O)C=C[C@@H]1CC[C@@H]2CC(OCCCC(=O)Oc3ccccc3)C[C@]21O. The van der Waals surface area contributed by atoms with Gasteiger partial charge in [-0.2, -0.15) is 0 Å². The Balaban J connectivity index is 1.37. The molecule has 31 heavy (non-hydrogen) atoms. The molecule has 0 saturated heterocycles. The lowest BCUT2D eigenvalue weighted by Crippen LogP contribution is -2.35. The number of aliphatic hydroxyl groups is 2. The zero-order chi connectivity index (χ0) is 22.1. The zero-order valence-electron chi connectivity index (χ0n) is 18.7. The molecule has 1 aromatic rings. The van der Waals surface area contributed by atoms with E-state index in [1.54, 1.807) is 12.1 Å². The standard InChI is InChI=1S/C26H38O5/c1-2-3-5-9-22(27)16-15-20-13-14-21-18-24(19-26(20,21)29)30-17-8-12-25(28)31-23-10-6-4-7-11-23/h4,6-7,10-11,15-16,20-22,24,27,29H,2-3,5,8-9,12-14,17-19H2,1H3/t20-,21+,22?,24?,26+/m0/s1. The molecule has 0 heterocycles. The monoisotopic (exact) mass is 430 g/mol. The molecule has 2 saturated carbocycles. The van der Waals surface area contributed by atoms with Crippen molar-refractivity contribution in [1.29, 1.82) is 0 Å². The summed E-state index contributed by atoms with van der Waals surface area (Å²) in [5.41, 5.74) is -0.726. The number of hydrogen-bond donors (Lipinski definition) is 2. The van der Waals surface area contributed by atoms with E-state index >= 15 is 0 Å². The number of fused-ring (bicyclic) bond motifs is 1. The Morgan fingerprint density at radius 1 is 1.23 bits per heavy atom. The first-order valence-electron chi connectivity index (χ1n) is 12.0. The molecule has 2 aliphatic rings. The van der Waals surface area contributed by atoms with Crippen molar-refractivity contribution in [3.05, 3.63) is 42.5 Å². The third-order valence-electron chi connectivity index (χ3n) is 6.80. The van der Waals surface area contributed by atoms with Crippen molar-refractivity contribution in [2.75, 3.05) is 6.61 Å². The maximum absolute atomic E-state index is 11.9. The van der Waals surface area contributed by atoms with Crippen LogP contribution >= 0.6 is 0 Å². The minimum atomic E-state index is -0.726. The topological polar surface area (TPSA) is 76.0 Å². The van der Waals surface area contributed by atoms with E-state index in [1.807, 2.05) is 30.4 Å². The van der Waals surface area contributed by atoms with Crippen molar-refractivity contribution in [1.82, 2.24) is 0 Å². The van der Waals surface area contributed by atoms with Crippen LogP contribution in [0.4, 0.5) is 0 Å². The fourth-order valence-electron chi connectivity index (χ4n) is 5.08. The van der Waals surface area contributed by atoms with Gasteiger partial charge in [-0.15, -0.1) is 0 Å². The Bertz CT molecular complexity index is 703. The fraction of sp³-hybridized carbons (Fsp3) is 0.654. The Morgan fingerprint density at radius 3 is 2.81 bits per heavy atom. The summed E-state index contributed by atoms with van der Waals surface area (Å²) in [6, 6.07) is 9.08. The van der Waals surface area contributed by atoms with Gasteiger partial charge in [0.15, 0.2) is 0 Å². The summed E-state index contributed by atoms with van der Waals surface area (Å²) < 4.78 is 11.3. The van der Waals surface area contributed by atoms with Crippen molar-refractivity contribution < 1.29 is 24.5 Å². The van der Waals surface area contributed by atoms with Gasteiger partial charge in [0.2, 0.25) is 0 Å². The summed E-state index contributed by atoms with van der Waals surface area (Å²) in [6.07, 6.45) is 12.1. The smallest absolute Gasteiger partial charge is 0.311 e. The van der Waals surface area contributed by atoms with Crippen LogP contribution in [0.1, 0.15) is 71.1 Å². The number of benzene rings is 1. The summed E-state index contributed by atoms with van der Waals surface area (Å²) in [5.74, 6) is 0.661. The average molecular weight is 431 g/mol. The molecule has 2 fully saturated rings. The molecule has 5 nitrogen and oxygen atoms in total. The van der Waals surface area contributed by atoms with Gasteiger partial charge >= 0.3 is 5.97 Å². The van der Waals surface area contributed by atoms with Crippen LogP contribution < -0.4 is 4.74 Å². The largest absolute Gasteiger partial charge is 0.427 e. The second-order valence-electron chi connectivity index (χ2n) is 9.14. The lowest BCUT2D eigenvalue weighted by atomic mass is 9.86. The molecule has 2 unspecified atom stereocenters. The van der Waals surface area contributed by atoms with Crippen LogP contribution in [-0.4, -0.2) is 40.6 Å². The molecule has 2 N–H and O–H groups in total. The first-order chi connectivity index (χ1) is 15.0. The highest BCUT2D eigenvalue weighted by Crippen LogP contribution is 2.52. The van der Waals surface area contributed by atoms with Crippen LogP contribution in [0.25, 0.3) is 0 Å². The van der Waals surface area contributed by atoms with Crippen molar-refractivity contribution >= 4 is 5.97 Å². The van der Waals surface area contributed by atoms with Gasteiger partial charge < -0.3 is 19.7 Å². The minimum Gasteiger partial charge on any atom is -0.427 e. The Kier molecular flexibility index (Phi) is 9.12. The van der Waals surface area contributed by atoms with Gasteiger partial charge in [0.25, 0.3) is 0 Å². The summed E-state index contributed by atoms with van der Waals surface area (Å²) in [5, 5.41) is 21.5. The van der Waals surface area contributed by atoms with Gasteiger partial charge in [-0.25, -0.2) is 0 Å². The maximum atomic E-state index is 11.9. The molecular formula is C26H38O5. The molecule has 5 atom stereocenters. The predicted molar refractivity (Wildman–Crippen MR) is 121 cm³/mol. The lowest BCUT2D eigenvalue weighted by Gasteiger charge is -2.28. The van der Waals surface area contributed by atoms with Crippen LogP contribution in [0.15, 0.2) is 42.5 Å². The molecule has 172 valence electrons. The molecule has 0 aliphatic heterocycles. The quantitative estimate of drug-likeness (QED) is 0.215. The van der Waals surface area contributed by atoms with Crippen LogP contribution in [0.2, 0.25) is 0 Å². The molecule has 0 bridgehead atoms. The molecule has 0 radical (unpaired) electrons. The summed E-state index contributed by atoms with van der Waals surface area (Å²) in [6.45, 7) is 2.65. The second-order valence-corrected chi connectivity index (χ2v) is 9.14. The van der Waals surface area contributed by atoms with E-state index in [9.17, 15) is 15.0 Å². The van der Waals surface area contributed by atoms with Crippen LogP contribution in [-0.2, 0) is 9.53 Å². The highest BCUT2D eigenvalue weighted by atomic mass is 16.5. The second kappa shape index (κ2) is 11.8. The summed E-state index contributed by atoms with van der Waals surface area (Å²) in [4.78, 5) is 11.9. The van der Waals surface area contributed by atoms with E-state index in [-0.39, 0.29) is 23.9 Å². The third kappa shape index (κ3) is 6.90. The highest BCUT2D eigenvalue weighted by molar-refractivity contribution is 5.72. The first-order valence-corrected chi connectivity index (χ1v) is 12.0. The van der Waals surface area contributed by atoms with Gasteiger partial charge in [-0.05, 0) is 50.2 Å². The van der Waals surface area contributed by atoms with Gasteiger partial charge in [-0.1, -0.05) is 56.5 Å². The third-order valence-corrected chi connectivity index (χ3v) is 6.80. The Hall–Kier alpha value is -1.69. The number of esters is 1. The van der Waals surface area contributed by atoms with E-state index in [4.69, 9.17) is 9.47 Å². The van der Waals surface area contributed by atoms with Gasteiger partial charge in [0.05, 0.1) is 17.8 Å². The Morgan fingerprint density at radius 2 is 2.03 bits per heavy atom. The van der Waals surface area contributed by atoms with E-state index in [0.717, 1.165) is 44.9 Å². The van der Waals surface area contributed by atoms with Crippen LogP contribution in [0, 0.1) is 11.8 Å². The van der Waals surface area contributed by atoms with Crippen LogP contribution in [0.3, 0.4) is 0 Å². The molecule has 0 spiro atoms. The van der Waals surface area contributed by atoms with Gasteiger partial charge in [0, 0.05) is 25.4 Å². The fourth-order valence-corrected chi connectivity index (χ4v) is 5.08. The number of para-hydroxylation sites is 1. The number of unbranched alkanes of at least 4 members (excludes halogenated alkanes) is 2.